The number of hydrogen-bond acceptors (Lipinski definition) is 2. The highest BCUT2D eigenvalue weighted by atomic mass is 79.9. The van der Waals surface area contributed by atoms with Gasteiger partial charge in [-0.05, 0) is 49.2 Å². The number of amides is 1. The first-order valence-electron chi connectivity index (χ1n) is 5.95. The molecule has 2 aromatic carbocycles. The number of anilines is 1. The highest BCUT2D eigenvalue weighted by Gasteiger charge is 2.14. The Kier molecular flexibility index (Phi) is 4.09. The van der Waals surface area contributed by atoms with E-state index in [1.54, 1.807) is 0 Å². The summed E-state index contributed by atoms with van der Waals surface area (Å²) >= 11 is 3.38. The zero-order chi connectivity index (χ0) is 14.9. The molecule has 0 saturated heterocycles. The average Bonchev–Trinajstić information content (AvgIpc) is 2.33. The van der Waals surface area contributed by atoms with Crippen LogP contribution < -0.4 is 5.32 Å². The topological polar surface area (TPSA) is 49.3 Å². The van der Waals surface area contributed by atoms with E-state index in [-0.39, 0.29) is 11.3 Å². The summed E-state index contributed by atoms with van der Waals surface area (Å²) in [5.74, 6) is -1.51. The van der Waals surface area contributed by atoms with Crippen molar-refractivity contribution < 1.29 is 14.3 Å². The first-order chi connectivity index (χ1) is 9.38. The van der Waals surface area contributed by atoms with Crippen LogP contribution in [0.15, 0.2) is 34.8 Å². The smallest absolute Gasteiger partial charge is 0.258 e. The second-order valence-corrected chi connectivity index (χ2v) is 5.45. The van der Waals surface area contributed by atoms with Crippen LogP contribution >= 0.6 is 15.9 Å². The van der Waals surface area contributed by atoms with Crippen molar-refractivity contribution in [3.8, 4) is 5.75 Å². The maximum Gasteiger partial charge on any atom is 0.258 e. The number of aromatic hydroxyl groups is 1. The summed E-state index contributed by atoms with van der Waals surface area (Å²) in [4.78, 5) is 12.1. The van der Waals surface area contributed by atoms with Crippen LogP contribution in [-0.2, 0) is 0 Å². The largest absolute Gasteiger partial charge is 0.508 e. The average molecular weight is 338 g/mol. The summed E-state index contributed by atoms with van der Waals surface area (Å²) in [6.45, 7) is 3.72. The lowest BCUT2D eigenvalue weighted by Gasteiger charge is -2.12. The Morgan fingerprint density at radius 2 is 1.80 bits per heavy atom. The molecule has 3 nitrogen and oxygen atoms in total. The second-order valence-electron chi connectivity index (χ2n) is 4.53. The third kappa shape index (κ3) is 2.99. The predicted octanol–water partition coefficient (Wildman–Crippen LogP) is 4.16. The number of nitrogens with one attached hydrogen (secondary N) is 1. The zero-order valence-electron chi connectivity index (χ0n) is 11.0. The number of aryl methyl sites for hydroxylation is 2. The first-order valence-corrected chi connectivity index (χ1v) is 6.74. The lowest BCUT2D eigenvalue weighted by Crippen LogP contribution is -2.15. The maximum atomic E-state index is 13.6. The molecule has 0 heterocycles. The van der Waals surface area contributed by atoms with Crippen LogP contribution in [0.5, 0.6) is 5.75 Å². The van der Waals surface area contributed by atoms with E-state index in [0.29, 0.717) is 5.69 Å². The van der Waals surface area contributed by atoms with Gasteiger partial charge in [-0.15, -0.1) is 0 Å². The molecule has 2 aromatic rings. The third-order valence-corrected chi connectivity index (χ3v) is 3.39. The summed E-state index contributed by atoms with van der Waals surface area (Å²) in [5, 5.41) is 11.9. The van der Waals surface area contributed by atoms with Gasteiger partial charge in [0.2, 0.25) is 0 Å². The molecule has 0 atom stereocenters. The number of halogens is 2. The van der Waals surface area contributed by atoms with E-state index < -0.39 is 11.7 Å². The molecule has 5 heteroatoms. The minimum atomic E-state index is -0.755. The standard InChI is InChI=1S/C15H13BrFNO2/c1-8-5-10(16)6-9(2)14(8)18-15(20)12-4-3-11(19)7-13(12)17/h3-7,19H,1-2H3,(H,18,20). The molecule has 104 valence electrons. The lowest BCUT2D eigenvalue weighted by atomic mass is 10.1. The molecule has 0 aromatic heterocycles. The Labute approximate surface area is 124 Å². The lowest BCUT2D eigenvalue weighted by molar-refractivity contribution is 0.102. The summed E-state index contributed by atoms with van der Waals surface area (Å²) in [5.41, 5.74) is 2.31. The van der Waals surface area contributed by atoms with Gasteiger partial charge < -0.3 is 10.4 Å². The number of phenolic OH excluding ortho intramolecular Hbond substituents is 1. The Hall–Kier alpha value is -1.88. The van der Waals surface area contributed by atoms with Gasteiger partial charge in [-0.25, -0.2) is 4.39 Å². The number of hydrogen-bond donors (Lipinski definition) is 2. The number of carbonyl (C=O) groups excluding carboxylic acids is 1. The van der Waals surface area contributed by atoms with Crippen molar-refractivity contribution >= 4 is 27.5 Å². The third-order valence-electron chi connectivity index (χ3n) is 2.93. The summed E-state index contributed by atoms with van der Waals surface area (Å²) < 4.78 is 14.6. The number of rotatable bonds is 2. The molecular formula is C15H13BrFNO2. The molecule has 0 bridgehead atoms. The molecule has 0 radical (unpaired) electrons. The molecule has 0 saturated carbocycles. The monoisotopic (exact) mass is 337 g/mol. The Bertz CT molecular complexity index is 663. The van der Waals surface area contributed by atoms with E-state index in [4.69, 9.17) is 5.11 Å². The van der Waals surface area contributed by atoms with E-state index in [1.165, 1.54) is 12.1 Å². The van der Waals surface area contributed by atoms with Crippen molar-refractivity contribution in [3.05, 3.63) is 57.3 Å². The molecule has 0 fully saturated rings. The number of carbonyl (C=O) groups is 1. The van der Waals surface area contributed by atoms with Crippen LogP contribution in [0, 0.1) is 19.7 Å². The number of phenols is 1. The van der Waals surface area contributed by atoms with E-state index in [2.05, 4.69) is 21.2 Å². The van der Waals surface area contributed by atoms with E-state index in [0.717, 1.165) is 21.7 Å². The van der Waals surface area contributed by atoms with Crippen LogP contribution in [0.3, 0.4) is 0 Å². The minimum Gasteiger partial charge on any atom is -0.508 e. The molecule has 0 unspecified atom stereocenters. The van der Waals surface area contributed by atoms with Gasteiger partial charge in [0.25, 0.3) is 5.91 Å². The maximum absolute atomic E-state index is 13.6. The van der Waals surface area contributed by atoms with Crippen molar-refractivity contribution in [1.29, 1.82) is 0 Å². The van der Waals surface area contributed by atoms with Gasteiger partial charge in [0.05, 0.1) is 5.56 Å². The highest BCUT2D eigenvalue weighted by molar-refractivity contribution is 9.10. The Balaban J connectivity index is 2.33. The molecule has 2 rings (SSSR count). The van der Waals surface area contributed by atoms with Gasteiger partial charge >= 0.3 is 0 Å². The molecule has 0 aliphatic heterocycles. The quantitative estimate of drug-likeness (QED) is 0.864. The van der Waals surface area contributed by atoms with E-state index in [9.17, 15) is 9.18 Å². The molecule has 1 amide bonds. The molecule has 0 spiro atoms. The van der Waals surface area contributed by atoms with Crippen molar-refractivity contribution in [1.82, 2.24) is 0 Å². The Morgan fingerprint density at radius 3 is 2.35 bits per heavy atom. The molecule has 2 N–H and O–H groups in total. The van der Waals surface area contributed by atoms with E-state index in [1.807, 2.05) is 26.0 Å². The van der Waals surface area contributed by atoms with E-state index >= 15 is 0 Å². The van der Waals surface area contributed by atoms with Crippen LogP contribution in [0.1, 0.15) is 21.5 Å². The fourth-order valence-corrected chi connectivity index (χ4v) is 2.66. The molecule has 0 aliphatic carbocycles. The highest BCUT2D eigenvalue weighted by Crippen LogP contribution is 2.26. The molecule has 20 heavy (non-hydrogen) atoms. The zero-order valence-corrected chi connectivity index (χ0v) is 12.6. The Morgan fingerprint density at radius 1 is 1.20 bits per heavy atom. The van der Waals surface area contributed by atoms with Crippen LogP contribution in [0.2, 0.25) is 0 Å². The number of benzene rings is 2. The molecular weight excluding hydrogens is 325 g/mol. The first kappa shape index (κ1) is 14.5. The van der Waals surface area contributed by atoms with Gasteiger partial charge in [-0.2, -0.15) is 0 Å². The van der Waals surface area contributed by atoms with Crippen molar-refractivity contribution in [3.63, 3.8) is 0 Å². The van der Waals surface area contributed by atoms with Gasteiger partial charge in [0, 0.05) is 16.2 Å². The van der Waals surface area contributed by atoms with Gasteiger partial charge in [0.15, 0.2) is 0 Å². The summed E-state index contributed by atoms with van der Waals surface area (Å²) in [6, 6.07) is 7.19. The predicted molar refractivity (Wildman–Crippen MR) is 79.6 cm³/mol. The van der Waals surface area contributed by atoms with Crippen molar-refractivity contribution in [2.45, 2.75) is 13.8 Å². The van der Waals surface area contributed by atoms with Crippen molar-refractivity contribution in [2.75, 3.05) is 5.32 Å². The SMILES string of the molecule is Cc1cc(Br)cc(C)c1NC(=O)c1ccc(O)cc1F. The second kappa shape index (κ2) is 5.63. The summed E-state index contributed by atoms with van der Waals surface area (Å²) in [7, 11) is 0. The van der Waals surface area contributed by atoms with Crippen LogP contribution in [-0.4, -0.2) is 11.0 Å². The molecule has 0 aliphatic rings. The minimum absolute atomic E-state index is 0.107. The van der Waals surface area contributed by atoms with Gasteiger partial charge in [-0.3, -0.25) is 4.79 Å². The van der Waals surface area contributed by atoms with Crippen molar-refractivity contribution in [2.24, 2.45) is 0 Å². The van der Waals surface area contributed by atoms with Gasteiger partial charge in [0.1, 0.15) is 11.6 Å². The van der Waals surface area contributed by atoms with Crippen LogP contribution in [0.4, 0.5) is 10.1 Å². The fraction of sp³-hybridized carbons (Fsp3) is 0.133. The summed E-state index contributed by atoms with van der Waals surface area (Å²) in [6.07, 6.45) is 0. The normalized spacial score (nSPS) is 10.4. The van der Waals surface area contributed by atoms with Crippen LogP contribution in [0.25, 0.3) is 0 Å². The fourth-order valence-electron chi connectivity index (χ4n) is 1.98. The van der Waals surface area contributed by atoms with Gasteiger partial charge in [-0.1, -0.05) is 15.9 Å².